The van der Waals surface area contributed by atoms with E-state index in [0.29, 0.717) is 11.5 Å². The van der Waals surface area contributed by atoms with Crippen molar-refractivity contribution < 1.29 is 13.2 Å². The van der Waals surface area contributed by atoms with E-state index >= 15 is 0 Å². The van der Waals surface area contributed by atoms with Gasteiger partial charge in [0.15, 0.2) is 0 Å². The minimum Gasteiger partial charge on any atom is -0.367 e. The summed E-state index contributed by atoms with van der Waals surface area (Å²) in [6.45, 7) is 3.12. The van der Waals surface area contributed by atoms with E-state index in [2.05, 4.69) is 15.3 Å². The molecule has 0 saturated carbocycles. The van der Waals surface area contributed by atoms with Gasteiger partial charge in [0.25, 0.3) is 0 Å². The molecule has 1 atom stereocenters. The number of nitrogens with one attached hydrogen (secondary N) is 1. The molecule has 1 rings (SSSR count). The predicted molar refractivity (Wildman–Crippen MR) is 55.5 cm³/mol. The van der Waals surface area contributed by atoms with Crippen LogP contribution in [0.25, 0.3) is 0 Å². The van der Waals surface area contributed by atoms with Crippen LogP contribution >= 0.6 is 11.6 Å². The maximum Gasteiger partial charge on any atom is 0.391 e. The third-order valence-electron chi connectivity index (χ3n) is 1.76. The molecule has 1 aromatic heterocycles. The number of rotatable bonds is 3. The topological polar surface area (TPSA) is 37.8 Å². The third kappa shape index (κ3) is 4.65. The number of aryl methyl sites for hydroxylation is 1. The van der Waals surface area contributed by atoms with Gasteiger partial charge in [-0.2, -0.15) is 13.2 Å². The highest BCUT2D eigenvalue weighted by atomic mass is 35.5. The molecular formula is C9H11ClF3N3. The van der Waals surface area contributed by atoms with Gasteiger partial charge in [0.2, 0.25) is 5.28 Å². The summed E-state index contributed by atoms with van der Waals surface area (Å²) in [5.74, 6) is 0.300. The molecule has 90 valence electrons. The SMILES string of the molecule is Cc1cc(NC(C)CC(F)(F)F)nc(Cl)n1. The Hall–Kier alpha value is -1.04. The summed E-state index contributed by atoms with van der Waals surface area (Å²) >= 11 is 5.58. The van der Waals surface area contributed by atoms with Crippen LogP contribution in [-0.4, -0.2) is 22.2 Å². The zero-order valence-electron chi connectivity index (χ0n) is 8.77. The van der Waals surface area contributed by atoms with Crippen molar-refractivity contribution in [3.63, 3.8) is 0 Å². The Morgan fingerprint density at radius 1 is 1.44 bits per heavy atom. The van der Waals surface area contributed by atoms with Crippen LogP contribution in [0.15, 0.2) is 6.07 Å². The minimum absolute atomic E-state index is 0.0155. The molecule has 0 aliphatic rings. The quantitative estimate of drug-likeness (QED) is 0.841. The molecule has 1 N–H and O–H groups in total. The fraction of sp³-hybridized carbons (Fsp3) is 0.556. The van der Waals surface area contributed by atoms with Crippen LogP contribution in [0.3, 0.4) is 0 Å². The lowest BCUT2D eigenvalue weighted by Crippen LogP contribution is -2.24. The van der Waals surface area contributed by atoms with Gasteiger partial charge in [-0.1, -0.05) is 0 Å². The first-order valence-corrected chi connectivity index (χ1v) is 4.98. The van der Waals surface area contributed by atoms with Crippen molar-refractivity contribution in [1.82, 2.24) is 9.97 Å². The van der Waals surface area contributed by atoms with Gasteiger partial charge in [-0.05, 0) is 25.4 Å². The van der Waals surface area contributed by atoms with E-state index in [4.69, 9.17) is 11.6 Å². The molecule has 0 radical (unpaired) electrons. The summed E-state index contributed by atoms with van der Waals surface area (Å²) in [5, 5.41) is 2.64. The Balaban J connectivity index is 2.66. The van der Waals surface area contributed by atoms with Crippen molar-refractivity contribution in [3.8, 4) is 0 Å². The zero-order valence-corrected chi connectivity index (χ0v) is 9.52. The molecule has 0 spiro atoms. The van der Waals surface area contributed by atoms with Gasteiger partial charge in [-0.25, -0.2) is 9.97 Å². The summed E-state index contributed by atoms with van der Waals surface area (Å²) in [4.78, 5) is 7.59. The number of hydrogen-bond donors (Lipinski definition) is 1. The van der Waals surface area contributed by atoms with Crippen molar-refractivity contribution in [1.29, 1.82) is 0 Å². The number of halogens is 4. The van der Waals surface area contributed by atoms with Gasteiger partial charge in [0.05, 0.1) is 6.42 Å². The Morgan fingerprint density at radius 2 is 2.06 bits per heavy atom. The molecule has 16 heavy (non-hydrogen) atoms. The molecule has 0 aliphatic carbocycles. The van der Waals surface area contributed by atoms with Crippen LogP contribution in [0.2, 0.25) is 5.28 Å². The second-order valence-electron chi connectivity index (χ2n) is 3.53. The Bertz CT molecular complexity index is 347. The average molecular weight is 254 g/mol. The van der Waals surface area contributed by atoms with Gasteiger partial charge in [-0.15, -0.1) is 0 Å². The highest BCUT2D eigenvalue weighted by Crippen LogP contribution is 2.23. The number of alkyl halides is 3. The highest BCUT2D eigenvalue weighted by molar-refractivity contribution is 6.28. The van der Waals surface area contributed by atoms with Gasteiger partial charge in [0, 0.05) is 17.8 Å². The van der Waals surface area contributed by atoms with Crippen LogP contribution in [0.5, 0.6) is 0 Å². The maximum atomic E-state index is 12.1. The normalized spacial score (nSPS) is 13.6. The molecule has 0 amide bonds. The van der Waals surface area contributed by atoms with E-state index in [9.17, 15) is 13.2 Å². The highest BCUT2D eigenvalue weighted by Gasteiger charge is 2.30. The molecular weight excluding hydrogens is 243 g/mol. The molecule has 0 aromatic carbocycles. The van der Waals surface area contributed by atoms with Gasteiger partial charge in [0.1, 0.15) is 5.82 Å². The van der Waals surface area contributed by atoms with Crippen molar-refractivity contribution in [2.45, 2.75) is 32.5 Å². The Morgan fingerprint density at radius 3 is 2.56 bits per heavy atom. The van der Waals surface area contributed by atoms with Crippen LogP contribution < -0.4 is 5.32 Å². The fourth-order valence-corrected chi connectivity index (χ4v) is 1.48. The van der Waals surface area contributed by atoms with Crippen LogP contribution in [0.1, 0.15) is 19.0 Å². The Kier molecular flexibility index (Phi) is 3.96. The average Bonchev–Trinajstić information content (AvgIpc) is 1.96. The summed E-state index contributed by atoms with van der Waals surface area (Å²) < 4.78 is 36.2. The second kappa shape index (κ2) is 4.86. The van der Waals surface area contributed by atoms with E-state index in [1.807, 2.05) is 0 Å². The lowest BCUT2D eigenvalue weighted by atomic mass is 10.2. The first-order chi connectivity index (χ1) is 7.26. The number of aromatic nitrogens is 2. The van der Waals surface area contributed by atoms with Gasteiger partial charge >= 0.3 is 6.18 Å². The van der Waals surface area contributed by atoms with E-state index in [1.165, 1.54) is 6.92 Å². The van der Waals surface area contributed by atoms with E-state index in [1.54, 1.807) is 13.0 Å². The van der Waals surface area contributed by atoms with Crippen molar-refractivity contribution >= 4 is 17.4 Å². The molecule has 0 bridgehead atoms. The van der Waals surface area contributed by atoms with Crippen molar-refractivity contribution in [3.05, 3.63) is 17.0 Å². The maximum absolute atomic E-state index is 12.1. The second-order valence-corrected chi connectivity index (χ2v) is 3.87. The predicted octanol–water partition coefficient (Wildman–Crippen LogP) is 3.19. The first kappa shape index (κ1) is 13.0. The molecule has 1 heterocycles. The molecule has 0 aliphatic heterocycles. The fourth-order valence-electron chi connectivity index (χ4n) is 1.26. The van der Waals surface area contributed by atoms with Crippen LogP contribution in [0.4, 0.5) is 19.0 Å². The van der Waals surface area contributed by atoms with Crippen LogP contribution in [-0.2, 0) is 0 Å². The smallest absolute Gasteiger partial charge is 0.367 e. The van der Waals surface area contributed by atoms with E-state index in [0.717, 1.165) is 0 Å². The monoisotopic (exact) mass is 253 g/mol. The molecule has 0 saturated heterocycles. The zero-order chi connectivity index (χ0) is 12.3. The number of hydrogen-bond acceptors (Lipinski definition) is 3. The summed E-state index contributed by atoms with van der Waals surface area (Å²) in [7, 11) is 0. The Labute approximate surface area is 96.0 Å². The van der Waals surface area contributed by atoms with E-state index in [-0.39, 0.29) is 5.28 Å². The lowest BCUT2D eigenvalue weighted by molar-refractivity contribution is -0.136. The summed E-state index contributed by atoms with van der Waals surface area (Å²) in [6.07, 6.45) is -5.12. The van der Waals surface area contributed by atoms with Crippen molar-refractivity contribution in [2.75, 3.05) is 5.32 Å². The number of anilines is 1. The first-order valence-electron chi connectivity index (χ1n) is 4.61. The van der Waals surface area contributed by atoms with Crippen molar-refractivity contribution in [2.24, 2.45) is 0 Å². The molecule has 1 unspecified atom stereocenters. The lowest BCUT2D eigenvalue weighted by Gasteiger charge is -2.16. The number of nitrogens with zero attached hydrogens (tertiary/aromatic N) is 2. The third-order valence-corrected chi connectivity index (χ3v) is 1.93. The summed E-state index contributed by atoms with van der Waals surface area (Å²) in [6, 6.07) is 0.782. The molecule has 7 heteroatoms. The standard InChI is InChI=1S/C9H11ClF3N3/c1-5-3-7(16-8(10)15-5)14-6(2)4-9(11,12)13/h3,6H,4H2,1-2H3,(H,14,15,16). The van der Waals surface area contributed by atoms with E-state index < -0.39 is 18.6 Å². The van der Waals surface area contributed by atoms with Gasteiger partial charge < -0.3 is 5.32 Å². The van der Waals surface area contributed by atoms with Crippen LogP contribution in [0, 0.1) is 6.92 Å². The van der Waals surface area contributed by atoms with Gasteiger partial charge in [-0.3, -0.25) is 0 Å². The minimum atomic E-state index is -4.20. The molecule has 3 nitrogen and oxygen atoms in total. The molecule has 1 aromatic rings. The summed E-state index contributed by atoms with van der Waals surface area (Å²) in [5.41, 5.74) is 0.599. The molecule has 0 fully saturated rings. The largest absolute Gasteiger partial charge is 0.391 e.